The van der Waals surface area contributed by atoms with E-state index in [1.807, 2.05) is 13.8 Å². The predicted molar refractivity (Wildman–Crippen MR) is 85.0 cm³/mol. The lowest BCUT2D eigenvalue weighted by atomic mass is 10.5. The van der Waals surface area contributed by atoms with Crippen LogP contribution in [0.3, 0.4) is 0 Å². The van der Waals surface area contributed by atoms with E-state index in [2.05, 4.69) is 25.7 Å². The van der Waals surface area contributed by atoms with E-state index in [1.165, 1.54) is 18.0 Å². The molecule has 2 N–H and O–H groups in total. The molecule has 9 heteroatoms. The number of thioether (sulfide) groups is 1. The van der Waals surface area contributed by atoms with Crippen LogP contribution in [0.4, 0.5) is 5.95 Å². The fraction of sp³-hybridized carbons (Fsp3) is 0.385. The van der Waals surface area contributed by atoms with Gasteiger partial charge < -0.3 is 9.32 Å². The molecule has 0 fully saturated rings. The van der Waals surface area contributed by atoms with Crippen molar-refractivity contribution in [3.63, 3.8) is 0 Å². The van der Waals surface area contributed by atoms with Gasteiger partial charge in [0.15, 0.2) is 0 Å². The van der Waals surface area contributed by atoms with Crippen LogP contribution < -0.4 is 5.43 Å². The van der Waals surface area contributed by atoms with Crippen LogP contribution in [0.5, 0.6) is 0 Å². The molecule has 22 heavy (non-hydrogen) atoms. The predicted octanol–water partition coefficient (Wildman–Crippen LogP) is 1.80. The molecule has 0 spiro atoms. The normalized spacial score (nSPS) is 11.0. The molecular formula is C13H18N6O2S. The average molecular weight is 322 g/mol. The largest absolute Gasteiger partial charge is 0.463 e. The Morgan fingerprint density at radius 3 is 3.05 bits per heavy atom. The number of amides is 1. The minimum atomic E-state index is 0.0742. The number of hydrogen-bond acceptors (Lipinski definition) is 7. The van der Waals surface area contributed by atoms with Gasteiger partial charge in [0, 0.05) is 13.1 Å². The number of aromatic amines is 1. The van der Waals surface area contributed by atoms with Crippen LogP contribution in [-0.2, 0) is 4.79 Å². The molecule has 0 saturated carbocycles. The molecule has 2 heterocycles. The van der Waals surface area contributed by atoms with Gasteiger partial charge in [0.05, 0.1) is 18.2 Å². The number of hydrazone groups is 1. The smallest absolute Gasteiger partial charge is 0.240 e. The third kappa shape index (κ3) is 4.62. The van der Waals surface area contributed by atoms with E-state index >= 15 is 0 Å². The third-order valence-electron chi connectivity index (χ3n) is 2.81. The Hall–Kier alpha value is -2.29. The van der Waals surface area contributed by atoms with Crippen molar-refractivity contribution in [3.8, 4) is 0 Å². The number of nitrogens with one attached hydrogen (secondary N) is 2. The SMILES string of the molecule is CCN(CC)C(=O)CSc1n[nH]c(N/N=C\c2ccco2)n1. The molecule has 118 valence electrons. The Morgan fingerprint density at radius 1 is 1.55 bits per heavy atom. The van der Waals surface area contributed by atoms with Crippen molar-refractivity contribution in [3.05, 3.63) is 24.2 Å². The molecule has 0 unspecified atom stereocenters. The van der Waals surface area contributed by atoms with Crippen molar-refractivity contribution in [2.24, 2.45) is 5.10 Å². The maximum Gasteiger partial charge on any atom is 0.240 e. The quantitative estimate of drug-likeness (QED) is 0.437. The Kier molecular flexibility index (Phi) is 6.01. The highest BCUT2D eigenvalue weighted by Crippen LogP contribution is 2.14. The standard InChI is InChI=1S/C13H18N6O2S/c1-3-19(4-2)11(20)9-22-13-15-12(17-18-13)16-14-8-10-6-5-7-21-10/h5-8H,3-4,9H2,1-2H3,(H2,15,16,17,18)/b14-8-. The summed E-state index contributed by atoms with van der Waals surface area (Å²) < 4.78 is 5.10. The van der Waals surface area contributed by atoms with Crippen molar-refractivity contribution >= 4 is 29.8 Å². The summed E-state index contributed by atoms with van der Waals surface area (Å²) in [6.07, 6.45) is 3.09. The number of carbonyl (C=O) groups excluding carboxylic acids is 1. The lowest BCUT2D eigenvalue weighted by Crippen LogP contribution is -2.31. The molecule has 8 nitrogen and oxygen atoms in total. The second-order valence-electron chi connectivity index (χ2n) is 4.21. The second kappa shape index (κ2) is 8.23. The van der Waals surface area contributed by atoms with Gasteiger partial charge in [0.25, 0.3) is 0 Å². The minimum absolute atomic E-state index is 0.0742. The highest BCUT2D eigenvalue weighted by molar-refractivity contribution is 7.99. The summed E-state index contributed by atoms with van der Waals surface area (Å²) >= 11 is 1.28. The monoisotopic (exact) mass is 322 g/mol. The molecular weight excluding hydrogens is 304 g/mol. The fourth-order valence-corrected chi connectivity index (χ4v) is 2.38. The van der Waals surface area contributed by atoms with E-state index in [1.54, 1.807) is 23.3 Å². The van der Waals surface area contributed by atoms with Crippen LogP contribution >= 0.6 is 11.8 Å². The average Bonchev–Trinajstić information content (AvgIpc) is 3.18. The summed E-state index contributed by atoms with van der Waals surface area (Å²) in [6.45, 7) is 5.33. The summed E-state index contributed by atoms with van der Waals surface area (Å²) in [4.78, 5) is 17.8. The van der Waals surface area contributed by atoms with Gasteiger partial charge >= 0.3 is 0 Å². The van der Waals surface area contributed by atoms with Gasteiger partial charge in [0.2, 0.25) is 17.0 Å². The number of carbonyl (C=O) groups is 1. The highest BCUT2D eigenvalue weighted by atomic mass is 32.2. The van der Waals surface area contributed by atoms with Crippen molar-refractivity contribution in [1.29, 1.82) is 0 Å². The summed E-state index contributed by atoms with van der Waals surface area (Å²) in [7, 11) is 0. The van der Waals surface area contributed by atoms with Crippen molar-refractivity contribution in [2.45, 2.75) is 19.0 Å². The Balaban J connectivity index is 1.80. The zero-order valence-corrected chi connectivity index (χ0v) is 13.3. The molecule has 0 aliphatic carbocycles. The summed E-state index contributed by atoms with van der Waals surface area (Å²) in [5.41, 5.74) is 2.71. The minimum Gasteiger partial charge on any atom is -0.463 e. The lowest BCUT2D eigenvalue weighted by Gasteiger charge is -2.17. The van der Waals surface area contributed by atoms with Crippen molar-refractivity contribution in [1.82, 2.24) is 20.1 Å². The number of nitrogens with zero attached hydrogens (tertiary/aromatic N) is 4. The molecule has 0 radical (unpaired) electrons. The number of anilines is 1. The van der Waals surface area contributed by atoms with Gasteiger partial charge in [-0.25, -0.2) is 10.5 Å². The van der Waals surface area contributed by atoms with Crippen LogP contribution in [-0.4, -0.2) is 51.0 Å². The molecule has 1 amide bonds. The number of aromatic nitrogens is 3. The van der Waals surface area contributed by atoms with Gasteiger partial charge in [-0.1, -0.05) is 11.8 Å². The van der Waals surface area contributed by atoms with Crippen LogP contribution in [0, 0.1) is 0 Å². The molecule has 0 atom stereocenters. The molecule has 0 bridgehead atoms. The summed E-state index contributed by atoms with van der Waals surface area (Å²) in [5.74, 6) is 1.42. The van der Waals surface area contributed by atoms with Gasteiger partial charge in [-0.05, 0) is 26.0 Å². The van der Waals surface area contributed by atoms with Crippen LogP contribution in [0.25, 0.3) is 0 Å². The molecule has 0 saturated heterocycles. The first-order valence-corrected chi connectivity index (χ1v) is 7.87. The van der Waals surface area contributed by atoms with Crippen LogP contribution in [0.1, 0.15) is 19.6 Å². The topological polar surface area (TPSA) is 99.4 Å². The maximum absolute atomic E-state index is 11.9. The number of hydrogen-bond donors (Lipinski definition) is 2. The van der Waals surface area contributed by atoms with E-state index in [9.17, 15) is 4.79 Å². The van der Waals surface area contributed by atoms with Gasteiger partial charge in [-0.2, -0.15) is 10.1 Å². The van der Waals surface area contributed by atoms with E-state index in [4.69, 9.17) is 4.42 Å². The zero-order valence-electron chi connectivity index (χ0n) is 12.4. The lowest BCUT2D eigenvalue weighted by molar-refractivity contribution is -0.127. The summed E-state index contributed by atoms with van der Waals surface area (Å²) in [6, 6.07) is 3.56. The van der Waals surface area contributed by atoms with Crippen molar-refractivity contribution < 1.29 is 9.21 Å². The van der Waals surface area contributed by atoms with Crippen LogP contribution in [0.15, 0.2) is 33.1 Å². The third-order valence-corrected chi connectivity index (χ3v) is 3.64. The fourth-order valence-electron chi connectivity index (χ4n) is 1.68. The van der Waals surface area contributed by atoms with Crippen LogP contribution in [0.2, 0.25) is 0 Å². The second-order valence-corrected chi connectivity index (χ2v) is 5.15. The first-order chi connectivity index (χ1) is 10.7. The highest BCUT2D eigenvalue weighted by Gasteiger charge is 2.11. The van der Waals surface area contributed by atoms with Gasteiger partial charge in [-0.15, -0.1) is 5.10 Å². The van der Waals surface area contributed by atoms with E-state index < -0.39 is 0 Å². The maximum atomic E-state index is 11.9. The Labute approximate surface area is 132 Å². The van der Waals surface area contributed by atoms with E-state index in [0.29, 0.717) is 35.7 Å². The van der Waals surface area contributed by atoms with E-state index in [0.717, 1.165) is 0 Å². The first-order valence-electron chi connectivity index (χ1n) is 6.88. The Bertz CT molecular complexity index is 606. The molecule has 2 aromatic rings. The molecule has 2 aromatic heterocycles. The van der Waals surface area contributed by atoms with Crippen molar-refractivity contribution in [2.75, 3.05) is 24.3 Å². The Morgan fingerprint density at radius 2 is 2.36 bits per heavy atom. The molecule has 2 rings (SSSR count). The molecule has 0 aliphatic rings. The first kappa shape index (κ1) is 16.1. The zero-order chi connectivity index (χ0) is 15.8. The van der Waals surface area contributed by atoms with Gasteiger partial charge in [-0.3, -0.25) is 4.79 Å². The van der Waals surface area contributed by atoms with E-state index in [-0.39, 0.29) is 5.91 Å². The number of H-pyrrole nitrogens is 1. The molecule has 0 aromatic carbocycles. The number of rotatable bonds is 8. The molecule has 0 aliphatic heterocycles. The van der Waals surface area contributed by atoms with Gasteiger partial charge in [0.1, 0.15) is 5.76 Å². The number of furan rings is 1. The summed E-state index contributed by atoms with van der Waals surface area (Å²) in [5, 5.41) is 11.2.